The van der Waals surface area contributed by atoms with Crippen LogP contribution in [0.15, 0.2) is 18.2 Å². The van der Waals surface area contributed by atoms with Gasteiger partial charge in [-0.05, 0) is 24.6 Å². The Morgan fingerprint density at radius 1 is 1.24 bits per heavy atom. The smallest absolute Gasteiger partial charge is 0.251 e. The Morgan fingerprint density at radius 2 is 1.95 bits per heavy atom. The van der Waals surface area contributed by atoms with Crippen LogP contribution in [-0.4, -0.2) is 31.5 Å². The molecule has 2 amide bonds. The number of ether oxygens (including phenoxy) is 1. The van der Waals surface area contributed by atoms with Crippen LogP contribution in [-0.2, 0) is 4.79 Å². The molecule has 0 radical (unpaired) electrons. The first-order chi connectivity index (χ1) is 10.0. The van der Waals surface area contributed by atoms with Crippen molar-refractivity contribution in [3.8, 4) is 5.75 Å². The molecule has 0 saturated heterocycles. The number of hydrogen-bond acceptors (Lipinski definition) is 4. The zero-order valence-corrected chi connectivity index (χ0v) is 12.6. The van der Waals surface area contributed by atoms with Crippen LogP contribution in [0.3, 0.4) is 0 Å². The van der Waals surface area contributed by atoms with E-state index in [1.165, 1.54) is 6.92 Å². The van der Waals surface area contributed by atoms with Crippen molar-refractivity contribution in [1.29, 1.82) is 0 Å². The summed E-state index contributed by atoms with van der Waals surface area (Å²) < 4.78 is 5.56. The lowest BCUT2D eigenvalue weighted by Crippen LogP contribution is -2.33. The molecule has 0 bridgehead atoms. The van der Waals surface area contributed by atoms with Crippen molar-refractivity contribution in [3.05, 3.63) is 23.8 Å². The number of hydrogen-bond donors (Lipinski definition) is 3. The topological polar surface area (TPSA) is 93.5 Å². The van der Waals surface area contributed by atoms with Gasteiger partial charge in [0.1, 0.15) is 5.75 Å². The number of carbonyl (C=O) groups excluding carboxylic acids is 2. The van der Waals surface area contributed by atoms with Crippen molar-refractivity contribution in [2.24, 2.45) is 0 Å². The normalized spacial score (nSPS) is 10.0. The number of nitrogens with two attached hydrogens (primary N) is 1. The molecule has 1 aromatic carbocycles. The number of anilines is 1. The third-order valence-electron chi connectivity index (χ3n) is 2.82. The van der Waals surface area contributed by atoms with Crippen molar-refractivity contribution in [2.75, 3.05) is 25.4 Å². The van der Waals surface area contributed by atoms with Gasteiger partial charge < -0.3 is 21.1 Å². The highest BCUT2D eigenvalue weighted by Gasteiger charge is 2.09. The van der Waals surface area contributed by atoms with Crippen molar-refractivity contribution in [3.63, 3.8) is 0 Å². The molecule has 6 nitrogen and oxygen atoms in total. The molecule has 0 aliphatic heterocycles. The second-order valence-corrected chi connectivity index (χ2v) is 4.69. The number of nitrogens with one attached hydrogen (secondary N) is 2. The number of amides is 2. The van der Waals surface area contributed by atoms with Gasteiger partial charge in [0.2, 0.25) is 5.91 Å². The van der Waals surface area contributed by atoms with Crippen LogP contribution in [0.25, 0.3) is 0 Å². The SMILES string of the molecule is CCCCOc1cc(C(=O)NCCNC(C)=O)ccc1N. The minimum Gasteiger partial charge on any atom is -0.491 e. The Hall–Kier alpha value is -2.24. The Morgan fingerprint density at radius 3 is 2.62 bits per heavy atom. The lowest BCUT2D eigenvalue weighted by Gasteiger charge is -2.11. The first kappa shape index (κ1) is 16.8. The van der Waals surface area contributed by atoms with Crippen molar-refractivity contribution in [1.82, 2.24) is 10.6 Å². The first-order valence-corrected chi connectivity index (χ1v) is 7.09. The molecule has 1 rings (SSSR count). The van der Waals surface area contributed by atoms with Crippen LogP contribution in [0.5, 0.6) is 5.75 Å². The van der Waals surface area contributed by atoms with Gasteiger partial charge in [-0.1, -0.05) is 13.3 Å². The Labute approximate surface area is 125 Å². The minimum atomic E-state index is -0.222. The van der Waals surface area contributed by atoms with E-state index in [2.05, 4.69) is 17.6 Å². The lowest BCUT2D eigenvalue weighted by atomic mass is 10.1. The monoisotopic (exact) mass is 293 g/mol. The second-order valence-electron chi connectivity index (χ2n) is 4.69. The van der Waals surface area contributed by atoms with Gasteiger partial charge in [0.05, 0.1) is 12.3 Å². The molecule has 0 atom stereocenters. The maximum atomic E-state index is 12.0. The maximum absolute atomic E-state index is 12.0. The molecular weight excluding hydrogens is 270 g/mol. The van der Waals surface area contributed by atoms with E-state index >= 15 is 0 Å². The predicted molar refractivity (Wildman–Crippen MR) is 82.3 cm³/mol. The fraction of sp³-hybridized carbons (Fsp3) is 0.467. The molecule has 4 N–H and O–H groups in total. The maximum Gasteiger partial charge on any atom is 0.251 e. The molecule has 0 heterocycles. The van der Waals surface area contributed by atoms with Gasteiger partial charge >= 0.3 is 0 Å². The van der Waals surface area contributed by atoms with Crippen LogP contribution < -0.4 is 21.1 Å². The molecule has 0 aliphatic carbocycles. The Bertz CT molecular complexity index is 489. The van der Waals surface area contributed by atoms with Gasteiger partial charge in [0, 0.05) is 25.6 Å². The summed E-state index contributed by atoms with van der Waals surface area (Å²) in [6.45, 7) is 4.85. The lowest BCUT2D eigenvalue weighted by molar-refractivity contribution is -0.118. The van der Waals surface area contributed by atoms with Gasteiger partial charge in [-0.25, -0.2) is 0 Å². The number of benzene rings is 1. The van der Waals surface area contributed by atoms with Crippen LogP contribution >= 0.6 is 0 Å². The second kappa shape index (κ2) is 8.84. The van der Waals surface area contributed by atoms with Crippen LogP contribution in [0, 0.1) is 0 Å². The molecule has 0 unspecified atom stereocenters. The minimum absolute atomic E-state index is 0.122. The fourth-order valence-electron chi connectivity index (χ4n) is 1.64. The van der Waals surface area contributed by atoms with E-state index in [0.29, 0.717) is 36.7 Å². The highest BCUT2D eigenvalue weighted by molar-refractivity contribution is 5.95. The molecule has 6 heteroatoms. The fourth-order valence-corrected chi connectivity index (χ4v) is 1.64. The summed E-state index contributed by atoms with van der Waals surface area (Å²) in [7, 11) is 0. The largest absolute Gasteiger partial charge is 0.491 e. The number of nitrogen functional groups attached to an aromatic ring is 1. The highest BCUT2D eigenvalue weighted by Crippen LogP contribution is 2.23. The van der Waals surface area contributed by atoms with Gasteiger partial charge in [0.25, 0.3) is 5.91 Å². The van der Waals surface area contributed by atoms with Gasteiger partial charge in [-0.2, -0.15) is 0 Å². The number of unbranched alkanes of at least 4 members (excludes halogenated alkanes) is 1. The van der Waals surface area contributed by atoms with E-state index in [0.717, 1.165) is 12.8 Å². The highest BCUT2D eigenvalue weighted by atomic mass is 16.5. The van der Waals surface area contributed by atoms with Crippen molar-refractivity contribution in [2.45, 2.75) is 26.7 Å². The molecule has 1 aromatic rings. The van der Waals surface area contributed by atoms with E-state index < -0.39 is 0 Å². The molecule has 0 aliphatic rings. The molecule has 116 valence electrons. The zero-order valence-electron chi connectivity index (χ0n) is 12.6. The standard InChI is InChI=1S/C15H23N3O3/c1-3-4-9-21-14-10-12(5-6-13(14)16)15(20)18-8-7-17-11(2)19/h5-6,10H,3-4,7-9,16H2,1-2H3,(H,17,19)(H,18,20). The average Bonchev–Trinajstić information content (AvgIpc) is 2.45. The third kappa shape index (κ3) is 6.16. The van der Waals surface area contributed by atoms with Crippen LogP contribution in [0.4, 0.5) is 5.69 Å². The van der Waals surface area contributed by atoms with E-state index in [4.69, 9.17) is 10.5 Å². The first-order valence-electron chi connectivity index (χ1n) is 7.09. The molecular formula is C15H23N3O3. The summed E-state index contributed by atoms with van der Waals surface area (Å²) in [5.41, 5.74) is 6.82. The molecule has 21 heavy (non-hydrogen) atoms. The summed E-state index contributed by atoms with van der Waals surface area (Å²) in [5, 5.41) is 5.33. The van der Waals surface area contributed by atoms with E-state index in [9.17, 15) is 9.59 Å². The molecule has 0 saturated carbocycles. The van der Waals surface area contributed by atoms with Gasteiger partial charge in [-0.3, -0.25) is 9.59 Å². The summed E-state index contributed by atoms with van der Waals surface area (Å²) in [6.07, 6.45) is 1.97. The Kier molecular flexibility index (Phi) is 7.08. The average molecular weight is 293 g/mol. The van der Waals surface area contributed by atoms with Crippen molar-refractivity contribution < 1.29 is 14.3 Å². The predicted octanol–water partition coefficient (Wildman–Crippen LogP) is 1.31. The van der Waals surface area contributed by atoms with Gasteiger partial charge in [-0.15, -0.1) is 0 Å². The van der Waals surface area contributed by atoms with E-state index in [1.54, 1.807) is 18.2 Å². The third-order valence-corrected chi connectivity index (χ3v) is 2.82. The molecule has 0 aromatic heterocycles. The number of rotatable bonds is 8. The summed E-state index contributed by atoms with van der Waals surface area (Å²) in [6, 6.07) is 4.94. The van der Waals surface area contributed by atoms with Crippen LogP contribution in [0.1, 0.15) is 37.0 Å². The number of carbonyl (C=O) groups is 2. The zero-order chi connectivity index (χ0) is 15.7. The van der Waals surface area contributed by atoms with Gasteiger partial charge in [0.15, 0.2) is 0 Å². The van der Waals surface area contributed by atoms with Crippen LogP contribution in [0.2, 0.25) is 0 Å². The summed E-state index contributed by atoms with van der Waals surface area (Å²) >= 11 is 0. The van der Waals surface area contributed by atoms with E-state index in [1.807, 2.05) is 0 Å². The molecule has 0 fully saturated rings. The molecule has 0 spiro atoms. The van der Waals surface area contributed by atoms with Crippen molar-refractivity contribution >= 4 is 17.5 Å². The summed E-state index contributed by atoms with van der Waals surface area (Å²) in [5.74, 6) is 0.182. The quantitative estimate of drug-likeness (QED) is 0.497. The summed E-state index contributed by atoms with van der Waals surface area (Å²) in [4.78, 5) is 22.7. The van der Waals surface area contributed by atoms with E-state index in [-0.39, 0.29) is 11.8 Å². The Balaban J connectivity index is 2.55.